The average molecular weight is 184 g/mol. The van der Waals surface area contributed by atoms with Crippen LogP contribution in [0.3, 0.4) is 0 Å². The fourth-order valence-electron chi connectivity index (χ4n) is 1.03. The van der Waals surface area contributed by atoms with Crippen molar-refractivity contribution in [3.63, 3.8) is 0 Å². The molecule has 0 saturated carbocycles. The lowest BCUT2D eigenvalue weighted by molar-refractivity contribution is 0.286. The fourth-order valence-corrected chi connectivity index (χ4v) is 2.05. The van der Waals surface area contributed by atoms with Crippen LogP contribution in [0.4, 0.5) is 0 Å². The summed E-state index contributed by atoms with van der Waals surface area (Å²) in [5.41, 5.74) is 0. The van der Waals surface area contributed by atoms with Gasteiger partial charge in [0.25, 0.3) is 0 Å². The van der Waals surface area contributed by atoms with Gasteiger partial charge in [-0.05, 0) is 36.5 Å². The van der Waals surface area contributed by atoms with E-state index in [0.29, 0.717) is 0 Å². The molecule has 0 unspecified atom stereocenters. The maximum Gasteiger partial charge on any atom is 0.106 e. The molecule has 0 aromatic heterocycles. The molecule has 0 amide bonds. The summed E-state index contributed by atoms with van der Waals surface area (Å²) < 4.78 is 4.80. The van der Waals surface area contributed by atoms with Crippen molar-refractivity contribution < 1.29 is 4.74 Å². The van der Waals surface area contributed by atoms with Gasteiger partial charge in [-0.15, -0.1) is 0 Å². The van der Waals surface area contributed by atoms with Crippen molar-refractivity contribution in [2.45, 2.75) is 19.3 Å². The van der Waals surface area contributed by atoms with E-state index in [4.69, 9.17) is 4.74 Å². The van der Waals surface area contributed by atoms with E-state index in [1.807, 2.05) is 18.2 Å². The smallest absolute Gasteiger partial charge is 0.106 e. The van der Waals surface area contributed by atoms with Crippen LogP contribution in [0.5, 0.6) is 0 Å². The first-order valence-electron chi connectivity index (χ1n) is 4.51. The largest absolute Gasteiger partial charge is 0.497 e. The Bertz CT molecular complexity index is 124. The van der Waals surface area contributed by atoms with Crippen LogP contribution in [0.1, 0.15) is 19.3 Å². The summed E-state index contributed by atoms with van der Waals surface area (Å²) in [6.45, 7) is 0.733. The van der Waals surface area contributed by atoms with Crippen LogP contribution in [-0.4, -0.2) is 18.1 Å². The molecule has 0 bridgehead atoms. The van der Waals surface area contributed by atoms with Crippen LogP contribution >= 0.6 is 11.8 Å². The molecule has 0 aromatic carbocycles. The highest BCUT2D eigenvalue weighted by atomic mass is 32.2. The normalized spacial score (nSPS) is 20.7. The minimum atomic E-state index is 0.733. The first kappa shape index (κ1) is 9.72. The average Bonchev–Trinajstić information content (AvgIpc) is 2.24. The number of rotatable bonds is 0. The number of hydrogen-bond donors (Lipinski definition) is 0. The molecule has 0 spiro atoms. The van der Waals surface area contributed by atoms with Crippen molar-refractivity contribution in [2.75, 3.05) is 18.1 Å². The quantitative estimate of drug-likeness (QED) is 0.572. The first-order valence-corrected chi connectivity index (χ1v) is 5.66. The molecule has 2 aliphatic rings. The van der Waals surface area contributed by atoms with Crippen LogP contribution in [0.2, 0.25) is 0 Å². The lowest BCUT2D eigenvalue weighted by Gasteiger charge is -2.05. The van der Waals surface area contributed by atoms with E-state index in [1.54, 1.807) is 6.26 Å². The van der Waals surface area contributed by atoms with E-state index in [9.17, 15) is 0 Å². The van der Waals surface area contributed by atoms with Crippen molar-refractivity contribution in [3.8, 4) is 0 Å². The molecule has 2 aliphatic heterocycles. The van der Waals surface area contributed by atoms with Gasteiger partial charge in [0, 0.05) is 0 Å². The zero-order chi connectivity index (χ0) is 8.49. The van der Waals surface area contributed by atoms with Gasteiger partial charge < -0.3 is 4.74 Å². The summed E-state index contributed by atoms with van der Waals surface area (Å²) in [5.74, 6) is 2.83. The molecule has 1 saturated heterocycles. The van der Waals surface area contributed by atoms with Gasteiger partial charge in [-0.2, -0.15) is 11.8 Å². The molecule has 0 aromatic rings. The first-order chi connectivity index (χ1) is 6.00. The SMILES string of the molecule is C1=CCOC=C1.C1CCSCC1. The Kier molecular flexibility index (Phi) is 5.90. The van der Waals surface area contributed by atoms with Gasteiger partial charge in [-0.25, -0.2) is 0 Å². The van der Waals surface area contributed by atoms with Crippen LogP contribution < -0.4 is 0 Å². The fraction of sp³-hybridized carbons (Fsp3) is 0.600. The maximum absolute atomic E-state index is 4.80. The van der Waals surface area contributed by atoms with Crippen LogP contribution in [0.25, 0.3) is 0 Å². The van der Waals surface area contributed by atoms with Gasteiger partial charge in [-0.3, -0.25) is 0 Å². The van der Waals surface area contributed by atoms with Gasteiger partial charge in [0.15, 0.2) is 0 Å². The highest BCUT2D eigenvalue weighted by Gasteiger charge is 1.95. The van der Waals surface area contributed by atoms with Gasteiger partial charge in [0.05, 0.1) is 6.26 Å². The molecule has 0 radical (unpaired) electrons. The second-order valence-electron chi connectivity index (χ2n) is 2.76. The standard InChI is InChI=1S/C5H6O.C5H10S/c2*1-2-4-6-5-3-1/h1-4H,5H2;1-5H2. The molecule has 2 heteroatoms. The molecule has 12 heavy (non-hydrogen) atoms. The third-order valence-electron chi connectivity index (χ3n) is 1.69. The molecule has 0 aliphatic carbocycles. The zero-order valence-corrected chi connectivity index (χ0v) is 8.19. The molecule has 2 heterocycles. The molecule has 1 fully saturated rings. The number of thioether (sulfide) groups is 1. The van der Waals surface area contributed by atoms with E-state index < -0.39 is 0 Å². The summed E-state index contributed by atoms with van der Waals surface area (Å²) in [4.78, 5) is 0. The molecule has 0 N–H and O–H groups in total. The lowest BCUT2D eigenvalue weighted by Crippen LogP contribution is -1.91. The van der Waals surface area contributed by atoms with Gasteiger partial charge in [-0.1, -0.05) is 12.5 Å². The van der Waals surface area contributed by atoms with Crippen molar-refractivity contribution >= 4 is 11.8 Å². The van der Waals surface area contributed by atoms with E-state index >= 15 is 0 Å². The Morgan fingerprint density at radius 3 is 2.00 bits per heavy atom. The second kappa shape index (κ2) is 7.29. The maximum atomic E-state index is 4.80. The molecule has 1 nitrogen and oxygen atoms in total. The van der Waals surface area contributed by atoms with Crippen molar-refractivity contribution in [3.05, 3.63) is 24.5 Å². The monoisotopic (exact) mass is 184 g/mol. The number of hydrogen-bond acceptors (Lipinski definition) is 2. The summed E-state index contributed by atoms with van der Waals surface area (Å²) in [5, 5.41) is 0. The Morgan fingerprint density at radius 1 is 1.00 bits per heavy atom. The Labute approximate surface area is 78.9 Å². The molecule has 2 rings (SSSR count). The van der Waals surface area contributed by atoms with Gasteiger partial charge in [0.1, 0.15) is 6.61 Å². The van der Waals surface area contributed by atoms with Crippen molar-refractivity contribution in [2.24, 2.45) is 0 Å². The van der Waals surface area contributed by atoms with Crippen molar-refractivity contribution in [1.29, 1.82) is 0 Å². The van der Waals surface area contributed by atoms with Gasteiger partial charge in [0.2, 0.25) is 0 Å². The minimum Gasteiger partial charge on any atom is -0.497 e. The molecular weight excluding hydrogens is 168 g/mol. The predicted molar refractivity (Wildman–Crippen MR) is 55.4 cm³/mol. The molecule has 68 valence electrons. The summed E-state index contributed by atoms with van der Waals surface area (Å²) in [6, 6.07) is 0. The number of ether oxygens (including phenoxy) is 1. The Hall–Kier alpha value is -0.370. The lowest BCUT2D eigenvalue weighted by atomic mass is 10.3. The van der Waals surface area contributed by atoms with E-state index in [-0.39, 0.29) is 0 Å². The van der Waals surface area contributed by atoms with Crippen LogP contribution in [-0.2, 0) is 4.74 Å². The minimum absolute atomic E-state index is 0.733. The second-order valence-corrected chi connectivity index (χ2v) is 3.99. The van der Waals surface area contributed by atoms with Crippen LogP contribution in [0.15, 0.2) is 24.5 Å². The number of allylic oxidation sites excluding steroid dienone is 2. The highest BCUT2D eigenvalue weighted by molar-refractivity contribution is 7.99. The molecular formula is C10H16OS. The topological polar surface area (TPSA) is 9.23 Å². The highest BCUT2D eigenvalue weighted by Crippen LogP contribution is 2.14. The third kappa shape index (κ3) is 5.30. The summed E-state index contributed by atoms with van der Waals surface area (Å²) >= 11 is 2.09. The zero-order valence-electron chi connectivity index (χ0n) is 7.37. The van der Waals surface area contributed by atoms with E-state index in [0.717, 1.165) is 6.61 Å². The predicted octanol–water partition coefficient (Wildman–Crippen LogP) is 2.99. The Balaban J connectivity index is 0.000000120. The van der Waals surface area contributed by atoms with Gasteiger partial charge >= 0.3 is 0 Å². The van der Waals surface area contributed by atoms with E-state index in [1.165, 1.54) is 30.8 Å². The van der Waals surface area contributed by atoms with Crippen molar-refractivity contribution in [1.82, 2.24) is 0 Å². The summed E-state index contributed by atoms with van der Waals surface area (Å²) in [6.07, 6.45) is 11.9. The van der Waals surface area contributed by atoms with Crippen LogP contribution in [0, 0.1) is 0 Å². The van der Waals surface area contributed by atoms with E-state index in [2.05, 4.69) is 11.8 Å². The Morgan fingerprint density at radius 2 is 1.83 bits per heavy atom. The summed E-state index contributed by atoms with van der Waals surface area (Å²) in [7, 11) is 0. The molecule has 0 atom stereocenters. The third-order valence-corrected chi connectivity index (χ3v) is 2.85.